The van der Waals surface area contributed by atoms with Crippen LogP contribution in [0.3, 0.4) is 0 Å². The van der Waals surface area contributed by atoms with E-state index < -0.39 is 17.8 Å². The van der Waals surface area contributed by atoms with Gasteiger partial charge in [-0.1, -0.05) is 17.7 Å². The first-order valence-corrected chi connectivity index (χ1v) is 6.61. The van der Waals surface area contributed by atoms with Gasteiger partial charge in [0.2, 0.25) is 5.91 Å². The molecule has 2 N–H and O–H groups in total. The highest BCUT2D eigenvalue weighted by molar-refractivity contribution is 6.33. The van der Waals surface area contributed by atoms with Crippen LogP contribution in [-0.4, -0.2) is 49.4 Å². The number of carbonyl (C=O) groups excluding carboxylic acids is 2. The van der Waals surface area contributed by atoms with E-state index in [4.69, 9.17) is 11.6 Å². The predicted octanol–water partition coefficient (Wildman–Crippen LogP) is 0.639. The van der Waals surface area contributed by atoms with E-state index in [1.54, 1.807) is 0 Å². The van der Waals surface area contributed by atoms with Gasteiger partial charge in [0.1, 0.15) is 11.9 Å². The average Bonchev–Trinajstić information content (AvgIpc) is 2.46. The van der Waals surface area contributed by atoms with Crippen LogP contribution in [0.15, 0.2) is 18.2 Å². The smallest absolute Gasteiger partial charge is 0.259 e. The Morgan fingerprint density at radius 3 is 2.90 bits per heavy atom. The van der Waals surface area contributed by atoms with Gasteiger partial charge in [0.15, 0.2) is 0 Å². The van der Waals surface area contributed by atoms with E-state index in [9.17, 15) is 14.0 Å². The van der Waals surface area contributed by atoms with Crippen LogP contribution >= 0.6 is 11.6 Å². The monoisotopic (exact) mass is 299 g/mol. The molecule has 1 aliphatic heterocycles. The highest BCUT2D eigenvalue weighted by Crippen LogP contribution is 2.22. The van der Waals surface area contributed by atoms with Crippen molar-refractivity contribution in [2.75, 3.05) is 26.7 Å². The molecule has 0 radical (unpaired) electrons. The van der Waals surface area contributed by atoms with Gasteiger partial charge in [-0.15, -0.1) is 0 Å². The fraction of sp³-hybridized carbons (Fsp3) is 0.385. The molecule has 1 saturated heterocycles. The first-order valence-electron chi connectivity index (χ1n) is 6.23. The van der Waals surface area contributed by atoms with Gasteiger partial charge in [0.05, 0.1) is 10.6 Å². The van der Waals surface area contributed by atoms with E-state index in [-0.39, 0.29) is 16.5 Å². The van der Waals surface area contributed by atoms with Crippen molar-refractivity contribution in [3.63, 3.8) is 0 Å². The van der Waals surface area contributed by atoms with Crippen LogP contribution in [0.4, 0.5) is 4.39 Å². The highest BCUT2D eigenvalue weighted by Gasteiger charge is 2.33. The number of hydrogen-bond acceptors (Lipinski definition) is 3. The lowest BCUT2D eigenvalue weighted by atomic mass is 10.1. The van der Waals surface area contributed by atoms with Gasteiger partial charge in [0.25, 0.3) is 5.91 Å². The Balaban J connectivity index is 2.33. The third kappa shape index (κ3) is 2.76. The lowest BCUT2D eigenvalue weighted by Crippen LogP contribution is -2.59. The molecular weight excluding hydrogens is 285 g/mol. The molecule has 5 nitrogen and oxygen atoms in total. The molecule has 0 aromatic heterocycles. The zero-order valence-electron chi connectivity index (χ0n) is 11.0. The molecule has 108 valence electrons. The third-order valence-corrected chi connectivity index (χ3v) is 3.54. The molecule has 1 aliphatic rings. The molecule has 1 fully saturated rings. The second kappa shape index (κ2) is 6.19. The molecule has 0 saturated carbocycles. The topological polar surface area (TPSA) is 61.4 Å². The summed E-state index contributed by atoms with van der Waals surface area (Å²) in [5.74, 6) is -1.54. The summed E-state index contributed by atoms with van der Waals surface area (Å²) >= 11 is 5.90. The summed E-state index contributed by atoms with van der Waals surface area (Å²) in [6, 6.07) is 3.39. The summed E-state index contributed by atoms with van der Waals surface area (Å²) in [5.41, 5.74) is -0.190. The summed E-state index contributed by atoms with van der Waals surface area (Å²) < 4.78 is 13.8. The zero-order valence-corrected chi connectivity index (χ0v) is 11.7. The number of carbonyl (C=O) groups is 2. The number of rotatable bonds is 2. The second-order valence-electron chi connectivity index (χ2n) is 4.43. The van der Waals surface area contributed by atoms with Crippen molar-refractivity contribution >= 4 is 23.4 Å². The number of likely N-dealkylation sites (N-methyl/N-ethyl adjacent to an activating group) is 1. The van der Waals surface area contributed by atoms with Crippen molar-refractivity contribution in [2.45, 2.75) is 6.04 Å². The Bertz CT molecular complexity index is 518. The number of piperazine rings is 1. The lowest BCUT2D eigenvalue weighted by molar-refractivity contribution is -0.125. The summed E-state index contributed by atoms with van der Waals surface area (Å²) in [6.07, 6.45) is 0. The molecule has 1 atom stereocenters. The standard InChI is InChI=1S/C13H15ClFN3O2/c1-16-12(19)10-7-17-5-6-18(10)13(20)11-8(14)3-2-4-9(11)15/h2-4,10,17H,5-7H2,1H3,(H,16,19). The third-order valence-electron chi connectivity index (χ3n) is 3.23. The van der Waals surface area contributed by atoms with Crippen molar-refractivity contribution in [3.05, 3.63) is 34.6 Å². The number of benzene rings is 1. The lowest BCUT2D eigenvalue weighted by Gasteiger charge is -2.35. The molecule has 2 amide bonds. The molecule has 2 rings (SSSR count). The van der Waals surface area contributed by atoms with E-state index in [1.807, 2.05) is 0 Å². The van der Waals surface area contributed by atoms with Crippen LogP contribution in [0.2, 0.25) is 5.02 Å². The molecular formula is C13H15ClFN3O2. The van der Waals surface area contributed by atoms with Crippen LogP contribution in [0, 0.1) is 5.82 Å². The summed E-state index contributed by atoms with van der Waals surface area (Å²) in [4.78, 5) is 25.6. The van der Waals surface area contributed by atoms with E-state index in [1.165, 1.54) is 30.1 Å². The maximum Gasteiger partial charge on any atom is 0.259 e. The zero-order chi connectivity index (χ0) is 14.7. The minimum absolute atomic E-state index is 0.0455. The molecule has 1 aromatic rings. The van der Waals surface area contributed by atoms with E-state index >= 15 is 0 Å². The number of halogens is 2. The van der Waals surface area contributed by atoms with Crippen LogP contribution in [0.25, 0.3) is 0 Å². The molecule has 0 aliphatic carbocycles. The average molecular weight is 300 g/mol. The Hall–Kier alpha value is -1.66. The number of amides is 2. The first kappa shape index (κ1) is 14.7. The van der Waals surface area contributed by atoms with Crippen molar-refractivity contribution in [1.29, 1.82) is 0 Å². The van der Waals surface area contributed by atoms with E-state index in [2.05, 4.69) is 10.6 Å². The minimum Gasteiger partial charge on any atom is -0.357 e. The maximum atomic E-state index is 13.8. The largest absolute Gasteiger partial charge is 0.357 e. The Morgan fingerprint density at radius 1 is 1.50 bits per heavy atom. The van der Waals surface area contributed by atoms with E-state index in [0.717, 1.165) is 0 Å². The summed E-state index contributed by atoms with van der Waals surface area (Å²) in [6.45, 7) is 1.20. The number of nitrogens with one attached hydrogen (secondary N) is 2. The predicted molar refractivity (Wildman–Crippen MR) is 73.2 cm³/mol. The SMILES string of the molecule is CNC(=O)C1CNCCN1C(=O)c1c(F)cccc1Cl. The van der Waals surface area contributed by atoms with Crippen LogP contribution in [0.5, 0.6) is 0 Å². The number of hydrogen-bond donors (Lipinski definition) is 2. The van der Waals surface area contributed by atoms with Gasteiger partial charge >= 0.3 is 0 Å². The van der Waals surface area contributed by atoms with Gasteiger partial charge in [-0.05, 0) is 12.1 Å². The van der Waals surface area contributed by atoms with Crippen LogP contribution in [0.1, 0.15) is 10.4 Å². The summed E-state index contributed by atoms with van der Waals surface area (Å²) in [5, 5.41) is 5.58. The van der Waals surface area contributed by atoms with Gasteiger partial charge < -0.3 is 15.5 Å². The Morgan fingerprint density at radius 2 is 2.25 bits per heavy atom. The second-order valence-corrected chi connectivity index (χ2v) is 4.84. The van der Waals surface area contributed by atoms with Crippen molar-refractivity contribution in [1.82, 2.24) is 15.5 Å². The maximum absolute atomic E-state index is 13.8. The van der Waals surface area contributed by atoms with Crippen molar-refractivity contribution < 1.29 is 14.0 Å². The van der Waals surface area contributed by atoms with Gasteiger partial charge in [-0.25, -0.2) is 4.39 Å². The fourth-order valence-electron chi connectivity index (χ4n) is 2.19. The molecule has 1 aromatic carbocycles. The molecule has 7 heteroatoms. The molecule has 1 unspecified atom stereocenters. The van der Waals surface area contributed by atoms with E-state index in [0.29, 0.717) is 19.6 Å². The quantitative estimate of drug-likeness (QED) is 0.842. The highest BCUT2D eigenvalue weighted by atomic mass is 35.5. The normalized spacial score (nSPS) is 18.8. The molecule has 1 heterocycles. The van der Waals surface area contributed by atoms with Crippen molar-refractivity contribution in [3.8, 4) is 0 Å². The Labute approximate surface area is 121 Å². The fourth-order valence-corrected chi connectivity index (χ4v) is 2.44. The van der Waals surface area contributed by atoms with Gasteiger partial charge in [0, 0.05) is 26.7 Å². The summed E-state index contributed by atoms with van der Waals surface area (Å²) in [7, 11) is 1.50. The number of nitrogens with zero attached hydrogens (tertiary/aromatic N) is 1. The van der Waals surface area contributed by atoms with Crippen molar-refractivity contribution in [2.24, 2.45) is 0 Å². The molecule has 0 spiro atoms. The minimum atomic E-state index is -0.684. The van der Waals surface area contributed by atoms with Gasteiger partial charge in [-0.3, -0.25) is 9.59 Å². The first-order chi connectivity index (χ1) is 9.56. The van der Waals surface area contributed by atoms with Gasteiger partial charge in [-0.2, -0.15) is 0 Å². The van der Waals surface area contributed by atoms with Crippen LogP contribution in [-0.2, 0) is 4.79 Å². The molecule has 0 bridgehead atoms. The Kier molecular flexibility index (Phi) is 4.57. The van der Waals surface area contributed by atoms with Crippen LogP contribution < -0.4 is 10.6 Å². The molecule has 20 heavy (non-hydrogen) atoms.